The number of nitrogens with one attached hydrogen (secondary N) is 1. The molecule has 1 heterocycles. The molecule has 0 aromatic heterocycles. The van der Waals surface area contributed by atoms with Gasteiger partial charge in [-0.3, -0.25) is 15.2 Å². The lowest BCUT2D eigenvalue weighted by atomic mass is 10.2. The van der Waals surface area contributed by atoms with Crippen molar-refractivity contribution in [2.45, 2.75) is 9.79 Å². The number of hydrogen-bond donors (Lipinski definition) is 2. The maximum Gasteiger partial charge on any atom is 0.250 e. The van der Waals surface area contributed by atoms with Gasteiger partial charge in [0, 0.05) is 16.0 Å². The second kappa shape index (κ2) is 6.76. The van der Waals surface area contributed by atoms with E-state index < -0.39 is 5.91 Å². The third-order valence-corrected chi connectivity index (χ3v) is 4.22. The highest BCUT2D eigenvalue weighted by Crippen LogP contribution is 2.27. The Balaban J connectivity index is 2.18. The Morgan fingerprint density at radius 3 is 2.45 bits per heavy atom. The van der Waals surface area contributed by atoms with Crippen molar-refractivity contribution >= 4 is 35.1 Å². The quantitative estimate of drug-likeness (QED) is 0.819. The van der Waals surface area contributed by atoms with E-state index in [1.165, 1.54) is 9.79 Å². The number of nitrogens with two attached hydrogens (primary N) is 1. The van der Waals surface area contributed by atoms with E-state index in [0.717, 1.165) is 5.69 Å². The number of benzene rings is 1. The summed E-state index contributed by atoms with van der Waals surface area (Å²) in [5.74, 6) is -0.421. The van der Waals surface area contributed by atoms with E-state index in [1.807, 2.05) is 11.1 Å². The fraction of sp³-hybridized carbons (Fsp3) is 0.214. The summed E-state index contributed by atoms with van der Waals surface area (Å²) in [6.07, 6.45) is 9.48. The van der Waals surface area contributed by atoms with Crippen molar-refractivity contribution in [3.05, 3.63) is 42.1 Å². The maximum absolute atomic E-state index is 11.2. The normalized spacial score (nSPS) is 14.1. The third-order valence-electron chi connectivity index (χ3n) is 2.80. The Kier molecular flexibility index (Phi) is 5.03. The molecule has 0 saturated heterocycles. The van der Waals surface area contributed by atoms with E-state index >= 15 is 0 Å². The molecule has 20 heavy (non-hydrogen) atoms. The van der Waals surface area contributed by atoms with Gasteiger partial charge in [0.1, 0.15) is 0 Å². The van der Waals surface area contributed by atoms with Crippen LogP contribution in [0.1, 0.15) is 0 Å². The van der Waals surface area contributed by atoms with E-state index in [2.05, 4.69) is 36.1 Å². The van der Waals surface area contributed by atoms with Crippen LogP contribution in [0.25, 0.3) is 0 Å². The van der Waals surface area contributed by atoms with Crippen LogP contribution in [-0.2, 0) is 4.79 Å². The summed E-state index contributed by atoms with van der Waals surface area (Å²) in [6, 6.07) is 6.32. The summed E-state index contributed by atoms with van der Waals surface area (Å²) in [5.41, 5.74) is 10.1. The number of carbonyl (C=O) groups excluding carboxylic acids is 1. The lowest BCUT2D eigenvalue weighted by molar-refractivity contribution is -0.114. The first-order chi connectivity index (χ1) is 9.62. The standard InChI is InChI=1S/C14H17N3OS2/c1-19-12-6-11(7-13(8-12)20-2)16-17-5-3-4-10(9-17)14(15)18/h3-4,6-9,16H,5H2,1-2H3,(H2,15,18). The molecule has 6 heteroatoms. The van der Waals surface area contributed by atoms with Gasteiger partial charge in [-0.15, -0.1) is 23.5 Å². The molecule has 0 spiro atoms. The van der Waals surface area contributed by atoms with Crippen LogP contribution in [0.3, 0.4) is 0 Å². The molecule has 0 radical (unpaired) electrons. The lowest BCUT2D eigenvalue weighted by Crippen LogP contribution is -2.29. The lowest BCUT2D eigenvalue weighted by Gasteiger charge is -2.24. The minimum absolute atomic E-state index is 0.421. The Labute approximate surface area is 127 Å². The molecule has 4 nitrogen and oxygen atoms in total. The number of hydrazine groups is 1. The number of thioether (sulfide) groups is 2. The topological polar surface area (TPSA) is 58.4 Å². The summed E-state index contributed by atoms with van der Waals surface area (Å²) in [5, 5.41) is 1.85. The van der Waals surface area contributed by atoms with Crippen LogP contribution in [0.2, 0.25) is 0 Å². The zero-order chi connectivity index (χ0) is 14.5. The monoisotopic (exact) mass is 307 g/mol. The van der Waals surface area contributed by atoms with Gasteiger partial charge in [-0.25, -0.2) is 0 Å². The summed E-state index contributed by atoms with van der Waals surface area (Å²) >= 11 is 3.41. The first-order valence-electron chi connectivity index (χ1n) is 6.07. The zero-order valence-corrected chi connectivity index (χ0v) is 13.1. The Morgan fingerprint density at radius 1 is 1.25 bits per heavy atom. The van der Waals surface area contributed by atoms with Crippen molar-refractivity contribution in [2.24, 2.45) is 5.73 Å². The van der Waals surface area contributed by atoms with E-state index in [0.29, 0.717) is 12.1 Å². The molecule has 0 bridgehead atoms. The minimum Gasteiger partial charge on any atom is -0.366 e. The van der Waals surface area contributed by atoms with Crippen molar-refractivity contribution in [2.75, 3.05) is 24.5 Å². The molecule has 0 aliphatic carbocycles. The van der Waals surface area contributed by atoms with Crippen molar-refractivity contribution in [3.63, 3.8) is 0 Å². The summed E-state index contributed by atoms with van der Waals surface area (Å²) in [4.78, 5) is 13.6. The van der Waals surface area contributed by atoms with Crippen LogP contribution in [0.4, 0.5) is 5.69 Å². The molecule has 0 fully saturated rings. The SMILES string of the molecule is CSc1cc(NN2C=C(C(N)=O)C=CC2)cc(SC)c1. The van der Waals surface area contributed by atoms with Crippen molar-refractivity contribution in [1.82, 2.24) is 5.01 Å². The Hall–Kier alpha value is -1.53. The number of amides is 1. The van der Waals surface area contributed by atoms with Gasteiger partial charge in [0.15, 0.2) is 0 Å². The number of carbonyl (C=O) groups is 1. The van der Waals surface area contributed by atoms with Gasteiger partial charge < -0.3 is 5.73 Å². The molecule has 1 aliphatic heterocycles. The summed E-state index contributed by atoms with van der Waals surface area (Å²) in [7, 11) is 0. The van der Waals surface area contributed by atoms with Crippen LogP contribution in [0.15, 0.2) is 51.9 Å². The van der Waals surface area contributed by atoms with Gasteiger partial charge in [-0.2, -0.15) is 0 Å². The fourth-order valence-electron chi connectivity index (χ4n) is 1.82. The van der Waals surface area contributed by atoms with E-state index in [-0.39, 0.29) is 0 Å². The molecule has 2 rings (SSSR count). The number of nitrogens with zero attached hydrogens (tertiary/aromatic N) is 1. The summed E-state index contributed by atoms with van der Waals surface area (Å²) < 4.78 is 0. The fourth-order valence-corrected chi connectivity index (χ4v) is 2.87. The second-order valence-corrected chi connectivity index (χ2v) is 5.98. The Bertz CT molecular complexity index is 547. The maximum atomic E-state index is 11.2. The second-order valence-electron chi connectivity index (χ2n) is 4.22. The van der Waals surface area contributed by atoms with Crippen LogP contribution >= 0.6 is 23.5 Å². The molecule has 106 valence electrons. The number of primary amides is 1. The molecule has 0 unspecified atom stereocenters. The van der Waals surface area contributed by atoms with Gasteiger partial charge in [-0.1, -0.05) is 12.2 Å². The average Bonchev–Trinajstić information content (AvgIpc) is 2.47. The number of hydrogen-bond acceptors (Lipinski definition) is 5. The number of anilines is 1. The highest BCUT2D eigenvalue weighted by Gasteiger charge is 2.10. The van der Waals surface area contributed by atoms with Crippen molar-refractivity contribution < 1.29 is 4.79 Å². The number of rotatable bonds is 5. The molecule has 3 N–H and O–H groups in total. The molecule has 1 aromatic rings. The first-order valence-corrected chi connectivity index (χ1v) is 8.52. The predicted octanol–water partition coefficient (Wildman–Crippen LogP) is 2.70. The molecule has 1 amide bonds. The van der Waals surface area contributed by atoms with Crippen LogP contribution in [-0.4, -0.2) is 30.0 Å². The molecular weight excluding hydrogens is 290 g/mol. The van der Waals surface area contributed by atoms with Gasteiger partial charge >= 0.3 is 0 Å². The highest BCUT2D eigenvalue weighted by atomic mass is 32.2. The van der Waals surface area contributed by atoms with Crippen LogP contribution in [0, 0.1) is 0 Å². The zero-order valence-electron chi connectivity index (χ0n) is 11.4. The van der Waals surface area contributed by atoms with E-state index in [1.54, 1.807) is 35.8 Å². The largest absolute Gasteiger partial charge is 0.366 e. The van der Waals surface area contributed by atoms with E-state index in [9.17, 15) is 4.79 Å². The van der Waals surface area contributed by atoms with Crippen molar-refractivity contribution in [1.29, 1.82) is 0 Å². The smallest absolute Gasteiger partial charge is 0.250 e. The van der Waals surface area contributed by atoms with Crippen molar-refractivity contribution in [3.8, 4) is 0 Å². The first kappa shape index (κ1) is 14.9. The van der Waals surface area contributed by atoms with Gasteiger partial charge in [0.2, 0.25) is 5.91 Å². The molecule has 0 atom stereocenters. The average molecular weight is 307 g/mol. The van der Waals surface area contributed by atoms with E-state index in [4.69, 9.17) is 5.73 Å². The summed E-state index contributed by atoms with van der Waals surface area (Å²) in [6.45, 7) is 0.689. The highest BCUT2D eigenvalue weighted by molar-refractivity contribution is 7.99. The molecule has 1 aromatic carbocycles. The minimum atomic E-state index is -0.421. The van der Waals surface area contributed by atoms with Crippen LogP contribution in [0.5, 0.6) is 0 Å². The molecular formula is C14H17N3OS2. The van der Waals surface area contributed by atoms with Gasteiger partial charge in [0.25, 0.3) is 0 Å². The predicted molar refractivity (Wildman–Crippen MR) is 86.8 cm³/mol. The molecule has 0 saturated carbocycles. The van der Waals surface area contributed by atoms with Crippen LogP contribution < -0.4 is 11.2 Å². The molecule has 1 aliphatic rings. The Morgan fingerprint density at radius 2 is 1.90 bits per heavy atom. The van der Waals surface area contributed by atoms with Gasteiger partial charge in [-0.05, 0) is 30.7 Å². The third kappa shape index (κ3) is 3.74. The van der Waals surface area contributed by atoms with Gasteiger partial charge in [0.05, 0.1) is 17.8 Å².